The lowest BCUT2D eigenvalue weighted by Gasteiger charge is -2.26. The van der Waals surface area contributed by atoms with E-state index in [1.165, 1.54) is 23.2 Å². The van der Waals surface area contributed by atoms with E-state index in [1.54, 1.807) is 12.1 Å². The number of carbonyl (C=O) groups is 2. The van der Waals surface area contributed by atoms with Gasteiger partial charge < -0.3 is 10.6 Å². The zero-order valence-electron chi connectivity index (χ0n) is 16.7. The van der Waals surface area contributed by atoms with E-state index in [2.05, 4.69) is 10.6 Å². The van der Waals surface area contributed by atoms with E-state index in [0.717, 1.165) is 31.2 Å². The van der Waals surface area contributed by atoms with E-state index in [1.807, 2.05) is 0 Å². The number of anilines is 1. The first kappa shape index (κ1) is 20.3. The van der Waals surface area contributed by atoms with Gasteiger partial charge >= 0.3 is 0 Å². The summed E-state index contributed by atoms with van der Waals surface area (Å²) in [6.45, 7) is 0.360. The number of amides is 2. The molecule has 29 heavy (non-hydrogen) atoms. The van der Waals surface area contributed by atoms with Crippen LogP contribution in [0.15, 0.2) is 23.1 Å². The maximum atomic E-state index is 13.3. The Balaban J connectivity index is 1.51. The summed E-state index contributed by atoms with van der Waals surface area (Å²) in [5, 5.41) is 5.89. The van der Waals surface area contributed by atoms with Crippen LogP contribution in [0.4, 0.5) is 5.69 Å². The van der Waals surface area contributed by atoms with E-state index < -0.39 is 16.1 Å². The van der Waals surface area contributed by atoms with Crippen LogP contribution in [0.1, 0.15) is 63.4 Å². The average Bonchev–Trinajstić information content (AvgIpc) is 3.08. The molecule has 0 radical (unpaired) electrons. The van der Waals surface area contributed by atoms with Gasteiger partial charge in [-0.2, -0.15) is 4.31 Å². The summed E-state index contributed by atoms with van der Waals surface area (Å²) in [7, 11) is -3.77. The number of hydrogen-bond acceptors (Lipinski definition) is 4. The molecule has 1 atom stereocenters. The minimum atomic E-state index is -3.77. The molecule has 1 saturated heterocycles. The van der Waals surface area contributed by atoms with Gasteiger partial charge in [0.2, 0.25) is 21.8 Å². The van der Waals surface area contributed by atoms with Crippen molar-refractivity contribution in [1.82, 2.24) is 9.62 Å². The fraction of sp³-hybridized carbons (Fsp3) is 0.619. The molecule has 2 fully saturated rings. The Morgan fingerprint density at radius 3 is 2.55 bits per heavy atom. The van der Waals surface area contributed by atoms with Crippen LogP contribution in [0, 0.1) is 0 Å². The van der Waals surface area contributed by atoms with Gasteiger partial charge in [-0.3, -0.25) is 9.59 Å². The van der Waals surface area contributed by atoms with Gasteiger partial charge in [-0.1, -0.05) is 25.7 Å². The van der Waals surface area contributed by atoms with Gasteiger partial charge in [0.25, 0.3) is 0 Å². The quantitative estimate of drug-likeness (QED) is 0.733. The number of hydrogen-bond donors (Lipinski definition) is 2. The highest BCUT2D eigenvalue weighted by Crippen LogP contribution is 2.31. The highest BCUT2D eigenvalue weighted by molar-refractivity contribution is 7.89. The zero-order valence-corrected chi connectivity index (χ0v) is 17.5. The Morgan fingerprint density at radius 1 is 1.03 bits per heavy atom. The molecule has 0 bridgehead atoms. The molecule has 2 heterocycles. The van der Waals surface area contributed by atoms with Crippen LogP contribution in [0.3, 0.4) is 0 Å². The molecule has 3 aliphatic rings. The molecular weight excluding hydrogens is 390 g/mol. The Labute approximate surface area is 172 Å². The molecule has 2 aliphatic heterocycles. The molecule has 1 aromatic rings. The van der Waals surface area contributed by atoms with Gasteiger partial charge in [0.15, 0.2) is 0 Å². The van der Waals surface area contributed by atoms with Crippen molar-refractivity contribution in [1.29, 1.82) is 0 Å². The van der Waals surface area contributed by atoms with Gasteiger partial charge in [0.1, 0.15) is 6.04 Å². The van der Waals surface area contributed by atoms with Gasteiger partial charge in [0, 0.05) is 24.7 Å². The zero-order chi connectivity index (χ0) is 20.4. The summed E-state index contributed by atoms with van der Waals surface area (Å²) in [5.41, 5.74) is 1.49. The fourth-order valence-electron chi connectivity index (χ4n) is 4.67. The van der Waals surface area contributed by atoms with Crippen LogP contribution in [0.25, 0.3) is 0 Å². The summed E-state index contributed by atoms with van der Waals surface area (Å²) in [6.07, 6.45) is 8.70. The van der Waals surface area contributed by atoms with Crippen LogP contribution in [-0.4, -0.2) is 43.2 Å². The largest absolute Gasteiger partial charge is 0.352 e. The smallest absolute Gasteiger partial charge is 0.243 e. The van der Waals surface area contributed by atoms with E-state index in [-0.39, 0.29) is 22.8 Å². The van der Waals surface area contributed by atoms with Crippen molar-refractivity contribution < 1.29 is 18.0 Å². The summed E-state index contributed by atoms with van der Waals surface area (Å²) < 4.78 is 28.0. The Hall–Kier alpha value is -1.93. The summed E-state index contributed by atoms with van der Waals surface area (Å²) >= 11 is 0. The number of rotatable bonds is 4. The SMILES string of the molecule is O=C1CCc2cc(S(=O)(=O)N3CCCC3C(=O)NC3CCCCCC3)ccc2N1. The number of nitrogens with zero attached hydrogens (tertiary/aromatic N) is 1. The summed E-state index contributed by atoms with van der Waals surface area (Å²) in [6, 6.07) is 4.33. The third-order valence-electron chi connectivity index (χ3n) is 6.29. The minimum absolute atomic E-state index is 0.0529. The maximum absolute atomic E-state index is 13.3. The van der Waals surface area contributed by atoms with Crippen molar-refractivity contribution in [2.75, 3.05) is 11.9 Å². The molecule has 8 heteroatoms. The normalized spacial score (nSPS) is 23.9. The highest BCUT2D eigenvalue weighted by atomic mass is 32.2. The number of fused-ring (bicyclic) bond motifs is 1. The molecule has 1 saturated carbocycles. The molecule has 4 rings (SSSR count). The first-order chi connectivity index (χ1) is 13.9. The van der Waals surface area contributed by atoms with Crippen LogP contribution >= 0.6 is 0 Å². The third-order valence-corrected chi connectivity index (χ3v) is 8.19. The standard InChI is InChI=1S/C21H29N3O4S/c25-20-12-9-15-14-17(10-11-18(15)23-20)29(27,28)24-13-5-8-19(24)21(26)22-16-6-3-1-2-4-7-16/h10-11,14,16,19H,1-9,12-13H2,(H,22,26)(H,23,25). The highest BCUT2D eigenvalue weighted by Gasteiger charge is 2.40. The molecule has 1 aliphatic carbocycles. The predicted molar refractivity (Wildman–Crippen MR) is 110 cm³/mol. The molecule has 1 unspecified atom stereocenters. The number of benzene rings is 1. The van der Waals surface area contributed by atoms with Crippen molar-refractivity contribution in [3.8, 4) is 0 Å². The lowest BCUT2D eigenvalue weighted by molar-refractivity contribution is -0.125. The predicted octanol–water partition coefficient (Wildman–Crippen LogP) is 2.56. The second-order valence-electron chi connectivity index (χ2n) is 8.34. The number of carbonyl (C=O) groups excluding carboxylic acids is 2. The van der Waals surface area contributed by atoms with Crippen LogP contribution in [0.2, 0.25) is 0 Å². The molecule has 158 valence electrons. The number of nitrogens with one attached hydrogen (secondary N) is 2. The molecule has 1 aromatic carbocycles. The molecule has 0 aromatic heterocycles. The molecular formula is C21H29N3O4S. The first-order valence-electron chi connectivity index (χ1n) is 10.7. The van der Waals surface area contributed by atoms with E-state index in [0.29, 0.717) is 37.9 Å². The average molecular weight is 420 g/mol. The monoisotopic (exact) mass is 419 g/mol. The number of sulfonamides is 1. The van der Waals surface area contributed by atoms with Crippen molar-refractivity contribution in [3.63, 3.8) is 0 Å². The second-order valence-corrected chi connectivity index (χ2v) is 10.2. The van der Waals surface area contributed by atoms with Gasteiger partial charge in [-0.15, -0.1) is 0 Å². The van der Waals surface area contributed by atoms with E-state index in [4.69, 9.17) is 0 Å². The van der Waals surface area contributed by atoms with Crippen molar-refractivity contribution >= 4 is 27.5 Å². The molecule has 0 spiro atoms. The molecule has 2 N–H and O–H groups in total. The van der Waals surface area contributed by atoms with E-state index in [9.17, 15) is 18.0 Å². The summed E-state index contributed by atoms with van der Waals surface area (Å²) in [5.74, 6) is -0.217. The van der Waals surface area contributed by atoms with Crippen molar-refractivity contribution in [2.45, 2.75) is 81.2 Å². The van der Waals surface area contributed by atoms with Gasteiger partial charge in [0.05, 0.1) is 4.90 Å². The number of aryl methyl sites for hydroxylation is 1. The van der Waals surface area contributed by atoms with Crippen LogP contribution in [0.5, 0.6) is 0 Å². The van der Waals surface area contributed by atoms with Gasteiger partial charge in [-0.05, 0) is 55.9 Å². The second kappa shape index (κ2) is 8.44. The summed E-state index contributed by atoms with van der Waals surface area (Å²) in [4.78, 5) is 24.7. The van der Waals surface area contributed by atoms with Crippen LogP contribution < -0.4 is 10.6 Å². The fourth-order valence-corrected chi connectivity index (χ4v) is 6.37. The van der Waals surface area contributed by atoms with Gasteiger partial charge in [-0.25, -0.2) is 8.42 Å². The third kappa shape index (κ3) is 4.33. The van der Waals surface area contributed by atoms with E-state index >= 15 is 0 Å². The Morgan fingerprint density at radius 2 is 1.79 bits per heavy atom. The topological polar surface area (TPSA) is 95.6 Å². The lowest BCUT2D eigenvalue weighted by atomic mass is 10.0. The Kier molecular flexibility index (Phi) is 5.92. The molecule has 2 amide bonds. The van der Waals surface area contributed by atoms with Crippen molar-refractivity contribution in [2.24, 2.45) is 0 Å². The van der Waals surface area contributed by atoms with Crippen LogP contribution in [-0.2, 0) is 26.0 Å². The first-order valence-corrected chi connectivity index (χ1v) is 12.1. The van der Waals surface area contributed by atoms with Crippen molar-refractivity contribution in [3.05, 3.63) is 23.8 Å². The lowest BCUT2D eigenvalue weighted by Crippen LogP contribution is -2.48. The Bertz CT molecular complexity index is 891. The maximum Gasteiger partial charge on any atom is 0.243 e. The molecule has 7 nitrogen and oxygen atoms in total. The minimum Gasteiger partial charge on any atom is -0.352 e.